The first-order chi connectivity index (χ1) is 24.8. The van der Waals surface area contributed by atoms with Crippen LogP contribution in [-0.2, 0) is 39.5 Å². The van der Waals surface area contributed by atoms with E-state index in [-0.39, 0.29) is 30.3 Å². The molecule has 3 aromatic carbocycles. The number of rotatable bonds is 17. The molecule has 3 aromatic rings. The molecule has 1 saturated heterocycles. The maximum absolute atomic E-state index is 14.4. The van der Waals surface area contributed by atoms with Crippen LogP contribution in [0.25, 0.3) is 0 Å². The maximum atomic E-state index is 14.4. The van der Waals surface area contributed by atoms with Crippen molar-refractivity contribution in [2.75, 3.05) is 34.7 Å². The molecule has 8 nitrogen and oxygen atoms in total. The van der Waals surface area contributed by atoms with Crippen molar-refractivity contribution in [3.63, 3.8) is 0 Å². The number of hydrogen-bond donors (Lipinski definition) is 0. The summed E-state index contributed by atoms with van der Waals surface area (Å²) in [4.78, 5) is 14.4. The first-order valence-electron chi connectivity index (χ1n) is 18.0. The molecule has 0 radical (unpaired) electrons. The average molecular weight is 843 g/mol. The molecule has 282 valence electrons. The molecular formula is C42H55IO8Si. The number of halogens is 1. The topological polar surface area (TPSA) is 81.7 Å². The Hall–Kier alpha value is -2.58. The molecule has 1 saturated carbocycles. The summed E-state index contributed by atoms with van der Waals surface area (Å²) >= 11 is 2.26. The molecule has 0 spiro atoms. The Morgan fingerprint density at radius 2 is 1.54 bits per heavy atom. The Bertz CT molecular complexity index is 1600. The first kappa shape index (κ1) is 40.6. The normalized spacial score (nSPS) is 23.3. The second-order valence-corrected chi connectivity index (χ2v) is 21.6. The molecule has 0 bridgehead atoms. The largest absolute Gasteiger partial charge is 0.497 e. The van der Waals surface area contributed by atoms with E-state index in [0.29, 0.717) is 6.61 Å². The van der Waals surface area contributed by atoms with Gasteiger partial charge in [-0.25, -0.2) is 0 Å². The number of ether oxygens (including phenoxy) is 6. The molecule has 2 fully saturated rings. The summed E-state index contributed by atoms with van der Waals surface area (Å²) in [6, 6.07) is 29.0. The van der Waals surface area contributed by atoms with E-state index in [2.05, 4.69) is 106 Å². The Labute approximate surface area is 324 Å². The third kappa shape index (κ3) is 7.80. The SMILES string of the molecule is COCO[C@@H]([C@@H]1C(=O)O[C@]2([C@H](CO[Si](c3ccccc3)(c3ccccc3)C(C)(C)C)OCc3ccc(OC)cc3)[C@H]1CC2(C)C)[C@H](/C=C(\C)I)OC. The van der Waals surface area contributed by atoms with Crippen LogP contribution in [0.2, 0.25) is 5.04 Å². The highest BCUT2D eigenvalue weighted by Crippen LogP contribution is 2.66. The lowest BCUT2D eigenvalue weighted by Gasteiger charge is -2.60. The van der Waals surface area contributed by atoms with Gasteiger partial charge in [0.25, 0.3) is 8.32 Å². The number of methoxy groups -OCH3 is 3. The number of fused-ring (bicyclic) bond motifs is 1. The summed E-state index contributed by atoms with van der Waals surface area (Å²) in [6.45, 7) is 13.6. The molecule has 0 amide bonds. The molecule has 1 aliphatic carbocycles. The van der Waals surface area contributed by atoms with Gasteiger partial charge in [-0.15, -0.1) is 0 Å². The minimum atomic E-state index is -2.98. The van der Waals surface area contributed by atoms with Crippen molar-refractivity contribution < 1.29 is 37.6 Å². The van der Waals surface area contributed by atoms with E-state index in [9.17, 15) is 4.79 Å². The Balaban J connectivity index is 1.61. The summed E-state index contributed by atoms with van der Waals surface area (Å²) in [6.07, 6.45) is 0.995. The van der Waals surface area contributed by atoms with Crippen molar-refractivity contribution in [2.24, 2.45) is 17.3 Å². The van der Waals surface area contributed by atoms with Crippen LogP contribution >= 0.6 is 22.6 Å². The minimum Gasteiger partial charge on any atom is -0.497 e. The van der Waals surface area contributed by atoms with Gasteiger partial charge >= 0.3 is 5.97 Å². The monoisotopic (exact) mass is 842 g/mol. The van der Waals surface area contributed by atoms with Crippen molar-refractivity contribution in [1.29, 1.82) is 0 Å². The molecule has 0 aromatic heterocycles. The van der Waals surface area contributed by atoms with E-state index in [0.717, 1.165) is 21.3 Å². The number of hydrogen-bond acceptors (Lipinski definition) is 8. The number of carbonyl (C=O) groups is 1. The third-order valence-corrected chi connectivity index (χ3v) is 16.4. The standard InChI is InChI=1S/C42H55IO8Si/c1-29(43)24-35(47-9)38(49-28-45-7)37-34-25-41(5,6)42(34,51-39(37)44)36(48-26-30-20-22-31(46-8)23-21-30)27-50-52(40(2,3)4,32-16-12-10-13-17-32)33-18-14-11-15-19-33/h10-24,34-38H,25-28H2,1-9H3/b29-24+/t34-,35-,36-,37+,38+,42-/m0/s1. The van der Waals surface area contributed by atoms with Gasteiger partial charge in [0.15, 0.2) is 0 Å². The van der Waals surface area contributed by atoms with Crippen molar-refractivity contribution in [1.82, 2.24) is 0 Å². The summed E-state index contributed by atoms with van der Waals surface area (Å²) in [5.41, 5.74) is -0.446. The van der Waals surface area contributed by atoms with Crippen LogP contribution in [0, 0.1) is 17.3 Å². The molecule has 10 heteroatoms. The summed E-state index contributed by atoms with van der Waals surface area (Å²) in [5.74, 6) is -0.380. The number of esters is 1. The Morgan fingerprint density at radius 1 is 0.942 bits per heavy atom. The summed E-state index contributed by atoms with van der Waals surface area (Å²) in [5, 5.41) is 2.08. The zero-order valence-electron chi connectivity index (χ0n) is 32.0. The second-order valence-electron chi connectivity index (χ2n) is 15.5. The quantitative estimate of drug-likeness (QED) is 0.0601. The van der Waals surface area contributed by atoms with Crippen LogP contribution in [0.4, 0.5) is 0 Å². The Kier molecular flexibility index (Phi) is 13.1. The van der Waals surface area contributed by atoms with Crippen molar-refractivity contribution in [3.05, 3.63) is 100 Å². The van der Waals surface area contributed by atoms with Gasteiger partial charge in [-0.2, -0.15) is 0 Å². The van der Waals surface area contributed by atoms with E-state index in [1.54, 1.807) is 21.3 Å². The molecule has 1 heterocycles. The van der Waals surface area contributed by atoms with Crippen LogP contribution in [0.1, 0.15) is 53.5 Å². The number of carbonyl (C=O) groups excluding carboxylic acids is 1. The van der Waals surface area contributed by atoms with Crippen LogP contribution in [0.5, 0.6) is 5.75 Å². The fraction of sp³-hybridized carbons (Fsp3) is 0.500. The van der Waals surface area contributed by atoms with Gasteiger partial charge in [0, 0.05) is 25.6 Å². The highest BCUT2D eigenvalue weighted by atomic mass is 127. The lowest BCUT2D eigenvalue weighted by atomic mass is 9.48. The van der Waals surface area contributed by atoms with Gasteiger partial charge in [0.2, 0.25) is 0 Å². The van der Waals surface area contributed by atoms with E-state index in [1.165, 1.54) is 10.4 Å². The molecule has 2 aliphatic rings. The van der Waals surface area contributed by atoms with Gasteiger partial charge in [-0.05, 0) is 78.7 Å². The lowest BCUT2D eigenvalue weighted by molar-refractivity contribution is -0.260. The zero-order chi connectivity index (χ0) is 37.7. The van der Waals surface area contributed by atoms with Gasteiger partial charge < -0.3 is 32.8 Å². The fourth-order valence-corrected chi connectivity index (χ4v) is 13.5. The molecule has 1 aliphatic heterocycles. The van der Waals surface area contributed by atoms with Crippen LogP contribution < -0.4 is 15.1 Å². The highest BCUT2D eigenvalue weighted by Gasteiger charge is 2.76. The van der Waals surface area contributed by atoms with Gasteiger partial charge in [0.1, 0.15) is 36.5 Å². The lowest BCUT2D eigenvalue weighted by Crippen LogP contribution is -2.72. The minimum absolute atomic E-state index is 0.0138. The van der Waals surface area contributed by atoms with E-state index >= 15 is 0 Å². The van der Waals surface area contributed by atoms with Crippen molar-refractivity contribution >= 4 is 47.3 Å². The van der Waals surface area contributed by atoms with Crippen LogP contribution in [-0.4, -0.2) is 72.9 Å². The van der Waals surface area contributed by atoms with E-state index in [1.807, 2.05) is 49.4 Å². The highest BCUT2D eigenvalue weighted by molar-refractivity contribution is 14.1. The number of allylic oxidation sites excluding steroid dienone is 1. The first-order valence-corrected chi connectivity index (χ1v) is 20.9. The van der Waals surface area contributed by atoms with E-state index < -0.39 is 43.6 Å². The predicted octanol–water partition coefficient (Wildman–Crippen LogP) is 7.46. The predicted molar refractivity (Wildman–Crippen MR) is 215 cm³/mol. The average Bonchev–Trinajstić information content (AvgIpc) is 3.37. The maximum Gasteiger partial charge on any atom is 0.312 e. The number of benzene rings is 3. The van der Waals surface area contributed by atoms with Crippen molar-refractivity contribution in [2.45, 2.75) is 83.5 Å². The third-order valence-electron chi connectivity index (χ3n) is 11.0. The Morgan fingerprint density at radius 3 is 2.02 bits per heavy atom. The molecule has 0 unspecified atom stereocenters. The van der Waals surface area contributed by atoms with E-state index in [4.69, 9.17) is 32.8 Å². The second kappa shape index (κ2) is 16.8. The van der Waals surface area contributed by atoms with Crippen LogP contribution in [0.3, 0.4) is 0 Å². The molecular weight excluding hydrogens is 787 g/mol. The van der Waals surface area contributed by atoms with Gasteiger partial charge in [-0.3, -0.25) is 4.79 Å². The molecule has 6 atom stereocenters. The van der Waals surface area contributed by atoms with Gasteiger partial charge in [0.05, 0.1) is 26.2 Å². The summed E-state index contributed by atoms with van der Waals surface area (Å²) < 4.78 is 45.3. The van der Waals surface area contributed by atoms with Crippen molar-refractivity contribution in [3.8, 4) is 5.75 Å². The smallest absolute Gasteiger partial charge is 0.312 e. The zero-order valence-corrected chi connectivity index (χ0v) is 35.2. The fourth-order valence-electron chi connectivity index (χ4n) is 8.59. The molecule has 52 heavy (non-hydrogen) atoms. The van der Waals surface area contributed by atoms with Gasteiger partial charge in [-0.1, -0.05) is 107 Å². The van der Waals surface area contributed by atoms with Crippen LogP contribution in [0.15, 0.2) is 94.6 Å². The molecule has 5 rings (SSSR count). The summed E-state index contributed by atoms with van der Waals surface area (Å²) in [7, 11) is 1.89. The molecule has 0 N–H and O–H groups in total.